The number of amides is 1. The summed E-state index contributed by atoms with van der Waals surface area (Å²) < 4.78 is 28.3. The van der Waals surface area contributed by atoms with Gasteiger partial charge in [0, 0.05) is 29.7 Å². The molecule has 9 heteroatoms. The molecule has 4 aromatic rings. The van der Waals surface area contributed by atoms with E-state index in [9.17, 15) is 13.6 Å². The highest BCUT2D eigenvalue weighted by Gasteiger charge is 2.16. The number of nitrogens with zero attached hydrogens (tertiary/aromatic N) is 4. The van der Waals surface area contributed by atoms with Crippen LogP contribution >= 0.6 is 11.8 Å². The molecule has 2 heterocycles. The minimum atomic E-state index is -1.02. The monoisotopic (exact) mass is 437 g/mol. The molecule has 4 rings (SSSR count). The van der Waals surface area contributed by atoms with Gasteiger partial charge in [0.05, 0.1) is 12.3 Å². The lowest BCUT2D eigenvalue weighted by Gasteiger charge is -2.11. The Morgan fingerprint density at radius 3 is 2.48 bits per heavy atom. The first-order chi connectivity index (χ1) is 15.1. The van der Waals surface area contributed by atoms with Crippen LogP contribution < -0.4 is 5.32 Å². The second-order valence-corrected chi connectivity index (χ2v) is 7.52. The molecule has 0 atom stereocenters. The van der Waals surface area contributed by atoms with Crippen LogP contribution in [0.25, 0.3) is 11.4 Å². The molecule has 2 aromatic carbocycles. The van der Waals surface area contributed by atoms with Gasteiger partial charge in [0.25, 0.3) is 0 Å². The zero-order chi connectivity index (χ0) is 21.6. The molecule has 1 N–H and O–H groups in total. The summed E-state index contributed by atoms with van der Waals surface area (Å²) in [6, 6.07) is 16.7. The number of aromatic nitrogens is 4. The van der Waals surface area contributed by atoms with Crippen molar-refractivity contribution in [3.8, 4) is 11.4 Å². The van der Waals surface area contributed by atoms with Crippen LogP contribution in [0, 0.1) is 11.6 Å². The molecule has 0 spiro atoms. The minimum absolute atomic E-state index is 0.0300. The zero-order valence-corrected chi connectivity index (χ0v) is 17.0. The molecule has 0 aliphatic heterocycles. The number of thioether (sulfide) groups is 1. The predicted molar refractivity (Wildman–Crippen MR) is 115 cm³/mol. The van der Waals surface area contributed by atoms with E-state index in [1.54, 1.807) is 12.4 Å². The van der Waals surface area contributed by atoms with Crippen molar-refractivity contribution in [3.05, 3.63) is 90.3 Å². The van der Waals surface area contributed by atoms with Crippen molar-refractivity contribution in [2.75, 3.05) is 11.1 Å². The smallest absolute Gasteiger partial charge is 0.234 e. The van der Waals surface area contributed by atoms with Crippen molar-refractivity contribution >= 4 is 23.4 Å². The van der Waals surface area contributed by atoms with Crippen molar-refractivity contribution in [2.24, 2.45) is 0 Å². The average Bonchev–Trinajstić information content (AvgIpc) is 3.18. The number of hydrogen-bond donors (Lipinski definition) is 1. The number of hydrogen-bond acceptors (Lipinski definition) is 5. The fraction of sp³-hybridized carbons (Fsp3) is 0.0909. The highest BCUT2D eigenvalue weighted by atomic mass is 32.2. The Morgan fingerprint density at radius 2 is 1.74 bits per heavy atom. The van der Waals surface area contributed by atoms with E-state index >= 15 is 0 Å². The van der Waals surface area contributed by atoms with Gasteiger partial charge in [-0.15, -0.1) is 10.2 Å². The third kappa shape index (κ3) is 5.13. The molecule has 156 valence electrons. The maximum Gasteiger partial charge on any atom is 0.234 e. The van der Waals surface area contributed by atoms with Gasteiger partial charge in [-0.05, 0) is 29.8 Å². The van der Waals surface area contributed by atoms with E-state index in [-0.39, 0.29) is 17.3 Å². The lowest BCUT2D eigenvalue weighted by atomic mass is 10.2. The topological polar surface area (TPSA) is 72.7 Å². The highest BCUT2D eigenvalue weighted by molar-refractivity contribution is 7.99. The van der Waals surface area contributed by atoms with Crippen LogP contribution in [0.15, 0.2) is 78.2 Å². The maximum atomic E-state index is 13.3. The number of carbonyl (C=O) groups is 1. The van der Waals surface area contributed by atoms with Crippen molar-refractivity contribution < 1.29 is 13.6 Å². The van der Waals surface area contributed by atoms with E-state index in [1.807, 2.05) is 47.0 Å². The van der Waals surface area contributed by atoms with E-state index in [4.69, 9.17) is 0 Å². The summed E-state index contributed by atoms with van der Waals surface area (Å²) >= 11 is 1.21. The Balaban J connectivity index is 1.52. The summed E-state index contributed by atoms with van der Waals surface area (Å²) in [7, 11) is 0. The first kappa shape index (κ1) is 20.7. The number of halogens is 2. The quantitative estimate of drug-likeness (QED) is 0.434. The standard InChI is InChI=1S/C22H17F2N5OS/c23-18-7-6-17(12-19(18)24)26-20(30)14-31-22-28-27-21(16-8-10-25-11-9-16)29(22)13-15-4-2-1-3-5-15/h1-12H,13-14H2,(H,26,30). The summed E-state index contributed by atoms with van der Waals surface area (Å²) in [5.74, 6) is -1.66. The second kappa shape index (κ2) is 9.48. The Kier molecular flexibility index (Phi) is 6.32. The van der Waals surface area contributed by atoms with Crippen LogP contribution in [0.1, 0.15) is 5.56 Å². The maximum absolute atomic E-state index is 13.3. The first-order valence-corrected chi connectivity index (χ1v) is 10.3. The molecule has 2 aromatic heterocycles. The molecule has 0 bridgehead atoms. The highest BCUT2D eigenvalue weighted by Crippen LogP contribution is 2.25. The van der Waals surface area contributed by atoms with Gasteiger partial charge in [0.1, 0.15) is 0 Å². The Morgan fingerprint density at radius 1 is 0.968 bits per heavy atom. The first-order valence-electron chi connectivity index (χ1n) is 9.35. The molecule has 0 radical (unpaired) electrons. The molecule has 6 nitrogen and oxygen atoms in total. The largest absolute Gasteiger partial charge is 0.325 e. The summed E-state index contributed by atoms with van der Waals surface area (Å²) in [6.45, 7) is 0.526. The van der Waals surface area contributed by atoms with Gasteiger partial charge in [-0.3, -0.25) is 14.3 Å². The Hall–Kier alpha value is -3.59. The van der Waals surface area contributed by atoms with Crippen LogP contribution in [-0.2, 0) is 11.3 Å². The fourth-order valence-corrected chi connectivity index (χ4v) is 3.66. The van der Waals surface area contributed by atoms with Crippen LogP contribution in [0.3, 0.4) is 0 Å². The molecule has 0 aliphatic carbocycles. The van der Waals surface area contributed by atoms with Gasteiger partial charge in [0.15, 0.2) is 22.6 Å². The van der Waals surface area contributed by atoms with E-state index in [1.165, 1.54) is 17.8 Å². The summed E-state index contributed by atoms with van der Waals surface area (Å²) in [5, 5.41) is 11.7. The molecule has 31 heavy (non-hydrogen) atoms. The van der Waals surface area contributed by atoms with Gasteiger partial charge >= 0.3 is 0 Å². The second-order valence-electron chi connectivity index (χ2n) is 6.58. The zero-order valence-electron chi connectivity index (χ0n) is 16.2. The molecule has 0 saturated heterocycles. The Bertz CT molecular complexity index is 1190. The molecule has 0 fully saturated rings. The normalized spacial score (nSPS) is 10.8. The number of benzene rings is 2. The van der Waals surface area contributed by atoms with E-state index < -0.39 is 11.6 Å². The van der Waals surface area contributed by atoms with E-state index in [2.05, 4.69) is 20.5 Å². The van der Waals surface area contributed by atoms with Gasteiger partial charge in [-0.25, -0.2) is 8.78 Å². The fourth-order valence-electron chi connectivity index (χ4n) is 2.92. The SMILES string of the molecule is O=C(CSc1nnc(-c2ccncc2)n1Cc1ccccc1)Nc1ccc(F)c(F)c1. The average molecular weight is 437 g/mol. The van der Waals surface area contributed by atoms with Crippen molar-refractivity contribution in [1.82, 2.24) is 19.7 Å². The summed E-state index contributed by atoms with van der Waals surface area (Å²) in [4.78, 5) is 16.4. The number of anilines is 1. The lowest BCUT2D eigenvalue weighted by molar-refractivity contribution is -0.113. The van der Waals surface area contributed by atoms with Crippen molar-refractivity contribution in [1.29, 1.82) is 0 Å². The molecular formula is C22H17F2N5OS. The van der Waals surface area contributed by atoms with Gasteiger partial charge < -0.3 is 5.32 Å². The van der Waals surface area contributed by atoms with E-state index in [0.29, 0.717) is 17.5 Å². The molecule has 0 aliphatic rings. The van der Waals surface area contributed by atoms with Crippen LogP contribution in [0.5, 0.6) is 0 Å². The van der Waals surface area contributed by atoms with Crippen LogP contribution in [-0.4, -0.2) is 31.4 Å². The summed E-state index contributed by atoms with van der Waals surface area (Å²) in [6.07, 6.45) is 3.36. The van der Waals surface area contributed by atoms with Crippen molar-refractivity contribution in [3.63, 3.8) is 0 Å². The van der Waals surface area contributed by atoms with Crippen LogP contribution in [0.4, 0.5) is 14.5 Å². The number of pyridine rings is 1. The molecular weight excluding hydrogens is 420 g/mol. The molecule has 0 saturated carbocycles. The molecule has 0 unspecified atom stereocenters. The predicted octanol–water partition coefficient (Wildman–Crippen LogP) is 4.40. The van der Waals surface area contributed by atoms with Gasteiger partial charge in [-0.1, -0.05) is 42.1 Å². The van der Waals surface area contributed by atoms with E-state index in [0.717, 1.165) is 23.3 Å². The van der Waals surface area contributed by atoms with Gasteiger partial charge in [0.2, 0.25) is 5.91 Å². The number of nitrogens with one attached hydrogen (secondary N) is 1. The third-order valence-electron chi connectivity index (χ3n) is 4.37. The lowest BCUT2D eigenvalue weighted by Crippen LogP contribution is -2.15. The van der Waals surface area contributed by atoms with Crippen molar-refractivity contribution in [2.45, 2.75) is 11.7 Å². The minimum Gasteiger partial charge on any atom is -0.325 e. The van der Waals surface area contributed by atoms with Crippen LogP contribution in [0.2, 0.25) is 0 Å². The molecule has 1 amide bonds. The van der Waals surface area contributed by atoms with Gasteiger partial charge in [-0.2, -0.15) is 0 Å². The number of rotatable bonds is 7. The number of carbonyl (C=O) groups excluding carboxylic acids is 1. The Labute approximate surface area is 181 Å². The third-order valence-corrected chi connectivity index (χ3v) is 5.34. The summed E-state index contributed by atoms with van der Waals surface area (Å²) in [5.41, 5.74) is 2.11.